The quantitative estimate of drug-likeness (QED) is 0.182. The third kappa shape index (κ3) is 7.91. The molecule has 4 aromatic rings. The third-order valence-corrected chi connectivity index (χ3v) is 9.42. The van der Waals surface area contributed by atoms with Crippen LogP contribution in [0.1, 0.15) is 131 Å². The molecule has 0 amide bonds. The second kappa shape index (κ2) is 14.3. The fourth-order valence-electron chi connectivity index (χ4n) is 6.60. The maximum atomic E-state index is 15.3. The first-order chi connectivity index (χ1) is 25.0. The molecule has 0 fully saturated rings. The van der Waals surface area contributed by atoms with E-state index in [9.17, 15) is 4.79 Å². The van der Waals surface area contributed by atoms with Crippen LogP contribution in [0.4, 0.5) is 0 Å². The summed E-state index contributed by atoms with van der Waals surface area (Å²) in [5.41, 5.74) is 1.78. The summed E-state index contributed by atoms with van der Waals surface area (Å²) in [5, 5.41) is 0. The van der Waals surface area contributed by atoms with Crippen molar-refractivity contribution in [3.8, 4) is 11.1 Å². The van der Waals surface area contributed by atoms with E-state index in [2.05, 4.69) is 4.98 Å². The number of H-pyrrole nitrogens is 1. The molecule has 0 unspecified atom stereocenters. The molecule has 2 aliphatic rings. The third-order valence-electron chi connectivity index (χ3n) is 9.42. The van der Waals surface area contributed by atoms with E-state index in [1.165, 1.54) is 4.57 Å². The number of rotatable bonds is 4. The van der Waals surface area contributed by atoms with Crippen LogP contribution < -0.4 is 0 Å². The van der Waals surface area contributed by atoms with Gasteiger partial charge in [0.25, 0.3) is 0 Å². The van der Waals surface area contributed by atoms with Gasteiger partial charge in [-0.2, -0.15) is 0 Å². The van der Waals surface area contributed by atoms with Gasteiger partial charge >= 0.3 is 0 Å². The molecule has 9 heteroatoms. The topological polar surface area (TPSA) is 115 Å². The maximum Gasteiger partial charge on any atom is 0.236 e. The molecule has 2 aliphatic heterocycles. The van der Waals surface area contributed by atoms with Crippen molar-refractivity contribution in [2.24, 2.45) is 21.7 Å². The van der Waals surface area contributed by atoms with Crippen LogP contribution in [-0.4, -0.2) is 42.8 Å². The monoisotopic (exact) mass is 781 g/mol. The van der Waals surface area contributed by atoms with Gasteiger partial charge < -0.3 is 4.98 Å². The minimum absolute atomic E-state index is 0. The number of nitrogens with zero attached hydrogens (tertiary/aromatic N) is 3. The van der Waals surface area contributed by atoms with Gasteiger partial charge in [0.2, 0.25) is 5.91 Å². The van der Waals surface area contributed by atoms with E-state index in [0.717, 1.165) is 11.0 Å². The van der Waals surface area contributed by atoms with Gasteiger partial charge in [-0.25, -0.2) is 9.97 Å². The first-order valence-electron chi connectivity index (χ1n) is 18.4. The molecular weight excluding hydrogens is 731 g/mol. The smallest absolute Gasteiger partial charge is 0.236 e. The Morgan fingerprint density at radius 2 is 1.09 bits per heavy atom. The van der Waals surface area contributed by atoms with Crippen molar-refractivity contribution >= 4 is 69.1 Å². The number of Topliss-reactive ketones (excluding diaryl/α,β-unsaturated/α-hetero) is 3. The van der Waals surface area contributed by atoms with Gasteiger partial charge in [-0.05, 0) is 54.1 Å². The van der Waals surface area contributed by atoms with Crippen LogP contribution >= 0.6 is 0 Å². The molecular formula is C46H50CoN4O4. The first kappa shape index (κ1) is 41.2. The predicted molar refractivity (Wildman–Crippen MR) is 219 cm³/mol. The second-order valence-electron chi connectivity index (χ2n) is 18.4. The summed E-state index contributed by atoms with van der Waals surface area (Å²) >= 11 is 0. The standard InChI is InChI=1S/C46H50N4O4.Co/c1-43(2,3)39(51)32-24-31-23-29-19-18-27(47-29)22-28-20-21-30(48-28)25-33-34(26-16-14-13-15-17-26)35(40(52)44(4,5)6)38(50(33)42(54)46(10,11)12)36(37(32)49-31)41(53)45(7,8)9;/h13-25,47H,1-12H3;. The summed E-state index contributed by atoms with van der Waals surface area (Å²) in [5.74, 6) is -1.20. The van der Waals surface area contributed by atoms with Gasteiger partial charge in [0.15, 0.2) is 17.3 Å². The number of benzene rings is 1. The Kier molecular flexibility index (Phi) is 10.7. The molecule has 0 saturated heterocycles. The number of carbonyl (C=O) groups is 4. The molecule has 5 heterocycles. The first-order valence-corrected chi connectivity index (χ1v) is 18.4. The van der Waals surface area contributed by atoms with Crippen LogP contribution in [0.3, 0.4) is 0 Å². The van der Waals surface area contributed by atoms with Crippen molar-refractivity contribution in [1.29, 1.82) is 0 Å². The van der Waals surface area contributed by atoms with E-state index < -0.39 is 21.7 Å². The van der Waals surface area contributed by atoms with E-state index in [0.29, 0.717) is 33.7 Å². The van der Waals surface area contributed by atoms with Crippen LogP contribution in [0.15, 0.2) is 60.7 Å². The molecule has 287 valence electrons. The van der Waals surface area contributed by atoms with Crippen molar-refractivity contribution in [2.45, 2.75) is 83.1 Å². The van der Waals surface area contributed by atoms with Crippen LogP contribution in [0.25, 0.3) is 57.0 Å². The Morgan fingerprint density at radius 3 is 1.62 bits per heavy atom. The number of fused-ring (bicyclic) bond motifs is 8. The molecule has 0 aliphatic carbocycles. The predicted octanol–water partition coefficient (Wildman–Crippen LogP) is 10.9. The minimum Gasteiger partial charge on any atom is -0.355 e. The van der Waals surface area contributed by atoms with Crippen LogP contribution in [0.5, 0.6) is 0 Å². The van der Waals surface area contributed by atoms with E-state index in [4.69, 9.17) is 9.97 Å². The Morgan fingerprint density at radius 1 is 0.582 bits per heavy atom. The Labute approximate surface area is 333 Å². The van der Waals surface area contributed by atoms with E-state index in [1.807, 2.05) is 135 Å². The summed E-state index contributed by atoms with van der Waals surface area (Å²) < 4.78 is 1.53. The van der Waals surface area contributed by atoms with Crippen molar-refractivity contribution in [2.75, 3.05) is 0 Å². The summed E-state index contributed by atoms with van der Waals surface area (Å²) in [6.45, 7) is 21.8. The average Bonchev–Trinajstić information content (AvgIpc) is 3.85. The number of carbonyl (C=O) groups excluding carboxylic acids is 4. The molecule has 55 heavy (non-hydrogen) atoms. The normalized spacial score (nSPS) is 13.3. The van der Waals surface area contributed by atoms with Gasteiger partial charge in [0.1, 0.15) is 0 Å². The molecule has 0 atom stereocenters. The Balaban J connectivity index is 0.00000580. The summed E-state index contributed by atoms with van der Waals surface area (Å²) in [6.07, 6.45) is 5.47. The van der Waals surface area contributed by atoms with Gasteiger partial charge in [0.05, 0.1) is 44.9 Å². The number of aromatic amines is 1. The zero-order valence-corrected chi connectivity index (χ0v) is 34.9. The molecule has 1 N–H and O–H groups in total. The summed E-state index contributed by atoms with van der Waals surface area (Å²) in [4.78, 5) is 73.6. The van der Waals surface area contributed by atoms with Gasteiger partial charge in [0, 0.05) is 60.6 Å². The van der Waals surface area contributed by atoms with E-state index in [-0.39, 0.29) is 67.9 Å². The largest absolute Gasteiger partial charge is 0.355 e. The van der Waals surface area contributed by atoms with Gasteiger partial charge in [-0.3, -0.25) is 23.7 Å². The van der Waals surface area contributed by atoms with E-state index >= 15 is 14.4 Å². The molecule has 1 aromatic carbocycles. The number of nitrogens with one attached hydrogen (secondary N) is 1. The average molecular weight is 782 g/mol. The molecule has 6 rings (SSSR count). The molecule has 1 radical (unpaired) electrons. The SMILES string of the molecule is CC(C)(C)C(=O)C1=Cc2cc3ccc(cc4nc(cc5c(-c6ccccc6)c(C(=O)C(C)(C)C)c(c(C(=O)C(C)(C)C)c1n2)n5C(=O)C(C)(C)C)C=C4)[nH]3.[Co]. The van der Waals surface area contributed by atoms with Crippen molar-refractivity contribution in [1.82, 2.24) is 19.5 Å². The number of hydrogen-bond donors (Lipinski definition) is 1. The Hall–Kier alpha value is -4.99. The second-order valence-corrected chi connectivity index (χ2v) is 18.4. The minimum atomic E-state index is -1.02. The molecule has 3 aromatic heterocycles. The van der Waals surface area contributed by atoms with Crippen LogP contribution in [0, 0.1) is 21.7 Å². The molecule has 0 spiro atoms. The van der Waals surface area contributed by atoms with Crippen molar-refractivity contribution < 1.29 is 36.0 Å². The molecule has 8 bridgehead atoms. The van der Waals surface area contributed by atoms with Crippen LogP contribution in [-0.2, 0) is 21.6 Å². The maximum absolute atomic E-state index is 15.3. The number of hydrogen-bond acceptors (Lipinski definition) is 6. The van der Waals surface area contributed by atoms with Crippen LogP contribution in [0.2, 0.25) is 0 Å². The molecule has 0 saturated carbocycles. The molecule has 8 nitrogen and oxygen atoms in total. The summed E-state index contributed by atoms with van der Waals surface area (Å²) in [6, 6.07) is 18.9. The fourth-order valence-corrected chi connectivity index (χ4v) is 6.60. The number of aromatic nitrogens is 4. The zero-order chi connectivity index (χ0) is 39.7. The Bertz CT molecular complexity index is 2490. The fraction of sp³-hybridized carbons (Fsp3) is 0.348. The van der Waals surface area contributed by atoms with Gasteiger partial charge in [-0.15, -0.1) is 0 Å². The van der Waals surface area contributed by atoms with E-state index in [1.54, 1.807) is 26.8 Å². The number of ketones is 3. The summed E-state index contributed by atoms with van der Waals surface area (Å²) in [7, 11) is 0. The van der Waals surface area contributed by atoms with Crippen molar-refractivity contribution in [3.05, 3.63) is 94.6 Å². The number of allylic oxidation sites excluding steroid dienone is 1. The zero-order valence-electron chi connectivity index (χ0n) is 33.8. The van der Waals surface area contributed by atoms with Crippen molar-refractivity contribution in [3.63, 3.8) is 0 Å². The van der Waals surface area contributed by atoms with Gasteiger partial charge in [-0.1, -0.05) is 113 Å².